The Hall–Kier alpha value is -0.380. The molecule has 0 saturated heterocycles. The van der Waals surface area contributed by atoms with Crippen molar-refractivity contribution < 1.29 is 0 Å². The molecule has 1 aromatic rings. The van der Waals surface area contributed by atoms with E-state index in [1.807, 2.05) is 11.3 Å². The number of hydrogen-bond acceptors (Lipinski definition) is 3. The lowest BCUT2D eigenvalue weighted by atomic mass is 9.72. The quantitative estimate of drug-likeness (QED) is 0.896. The summed E-state index contributed by atoms with van der Waals surface area (Å²) >= 11 is 1.89. The van der Waals surface area contributed by atoms with Crippen LogP contribution in [0.5, 0.6) is 0 Å². The molecule has 112 valence electrons. The molecule has 2 fully saturated rings. The monoisotopic (exact) mass is 292 g/mol. The van der Waals surface area contributed by atoms with Crippen molar-refractivity contribution in [1.82, 2.24) is 4.90 Å². The highest BCUT2D eigenvalue weighted by Gasteiger charge is 2.36. The lowest BCUT2D eigenvalue weighted by Crippen LogP contribution is -2.47. The summed E-state index contributed by atoms with van der Waals surface area (Å²) in [4.78, 5) is 4.21. The second kappa shape index (κ2) is 6.17. The summed E-state index contributed by atoms with van der Waals surface area (Å²) in [6.07, 6.45) is 5.35. The topological polar surface area (TPSA) is 29.3 Å². The van der Waals surface area contributed by atoms with Crippen molar-refractivity contribution in [2.24, 2.45) is 23.5 Å². The van der Waals surface area contributed by atoms with Crippen LogP contribution in [0.3, 0.4) is 0 Å². The minimum absolute atomic E-state index is 0.401. The predicted molar refractivity (Wildman–Crippen MR) is 86.8 cm³/mol. The fourth-order valence-corrected chi connectivity index (χ4v) is 4.67. The molecule has 2 nitrogen and oxygen atoms in total. The molecule has 1 heterocycles. The molecular formula is C17H28N2S. The van der Waals surface area contributed by atoms with E-state index in [0.29, 0.717) is 12.0 Å². The molecule has 2 aliphatic carbocycles. The maximum absolute atomic E-state index is 6.48. The number of thiophene rings is 1. The minimum atomic E-state index is 0.401. The van der Waals surface area contributed by atoms with Crippen LogP contribution in [0.4, 0.5) is 0 Å². The maximum atomic E-state index is 6.48. The molecule has 4 unspecified atom stereocenters. The van der Waals surface area contributed by atoms with Gasteiger partial charge < -0.3 is 5.73 Å². The molecule has 0 spiro atoms. The maximum Gasteiger partial charge on any atom is 0.0330 e. The van der Waals surface area contributed by atoms with Crippen molar-refractivity contribution in [2.75, 3.05) is 6.54 Å². The molecule has 0 amide bonds. The molecule has 4 atom stereocenters. The third kappa shape index (κ3) is 3.44. The number of nitrogens with two attached hydrogens (primary N) is 1. The first-order valence-corrected chi connectivity index (χ1v) is 9.03. The molecule has 0 radical (unpaired) electrons. The van der Waals surface area contributed by atoms with Crippen LogP contribution in [-0.2, 0) is 6.54 Å². The van der Waals surface area contributed by atoms with Crippen molar-refractivity contribution >= 4 is 11.3 Å². The van der Waals surface area contributed by atoms with Crippen LogP contribution in [0.1, 0.15) is 44.4 Å². The molecule has 0 bridgehead atoms. The molecule has 2 saturated carbocycles. The standard InChI is InChI=1S/C17H28N2S/c1-12-8-13(2)16(17(18)9-12)11-19(14-5-6-14)10-15-4-3-7-20-15/h3-4,7,12-14,16-17H,5-6,8-11,18H2,1-2H3. The summed E-state index contributed by atoms with van der Waals surface area (Å²) in [5, 5.41) is 2.19. The van der Waals surface area contributed by atoms with Crippen LogP contribution in [0.25, 0.3) is 0 Å². The third-order valence-electron chi connectivity index (χ3n) is 5.18. The largest absolute Gasteiger partial charge is 0.327 e. The zero-order chi connectivity index (χ0) is 14.1. The Morgan fingerprint density at radius 3 is 2.70 bits per heavy atom. The summed E-state index contributed by atoms with van der Waals surface area (Å²) in [6.45, 7) is 7.11. The smallest absolute Gasteiger partial charge is 0.0330 e. The first-order valence-electron chi connectivity index (χ1n) is 8.15. The highest BCUT2D eigenvalue weighted by Crippen LogP contribution is 2.36. The van der Waals surface area contributed by atoms with E-state index in [1.54, 1.807) is 0 Å². The van der Waals surface area contributed by atoms with Gasteiger partial charge in [0.05, 0.1) is 0 Å². The Morgan fingerprint density at radius 2 is 2.10 bits per heavy atom. The van der Waals surface area contributed by atoms with Crippen LogP contribution in [0.2, 0.25) is 0 Å². The van der Waals surface area contributed by atoms with Gasteiger partial charge in [0.2, 0.25) is 0 Å². The summed E-state index contributed by atoms with van der Waals surface area (Å²) < 4.78 is 0. The van der Waals surface area contributed by atoms with Crippen LogP contribution in [0.15, 0.2) is 17.5 Å². The van der Waals surface area contributed by atoms with Crippen molar-refractivity contribution in [3.05, 3.63) is 22.4 Å². The number of rotatable bonds is 5. The van der Waals surface area contributed by atoms with Crippen molar-refractivity contribution in [3.8, 4) is 0 Å². The molecule has 3 heteroatoms. The van der Waals surface area contributed by atoms with Gasteiger partial charge in [-0.1, -0.05) is 19.9 Å². The van der Waals surface area contributed by atoms with E-state index < -0.39 is 0 Å². The second-order valence-corrected chi connectivity index (χ2v) is 8.15. The fourth-order valence-electron chi connectivity index (χ4n) is 3.94. The van der Waals surface area contributed by atoms with E-state index >= 15 is 0 Å². The summed E-state index contributed by atoms with van der Waals surface area (Å²) in [5.41, 5.74) is 6.48. The van der Waals surface area contributed by atoms with Crippen molar-refractivity contribution in [2.45, 2.75) is 58.2 Å². The molecule has 2 N–H and O–H groups in total. The van der Waals surface area contributed by atoms with Gasteiger partial charge >= 0.3 is 0 Å². The Kier molecular flexibility index (Phi) is 4.49. The highest BCUT2D eigenvalue weighted by atomic mass is 32.1. The fraction of sp³-hybridized carbons (Fsp3) is 0.765. The van der Waals surface area contributed by atoms with Crippen molar-refractivity contribution in [1.29, 1.82) is 0 Å². The molecule has 3 rings (SSSR count). The van der Waals surface area contributed by atoms with Gasteiger partial charge in [-0.3, -0.25) is 4.90 Å². The number of nitrogens with zero attached hydrogens (tertiary/aromatic N) is 1. The first kappa shape index (κ1) is 14.6. The Morgan fingerprint density at radius 1 is 1.30 bits per heavy atom. The molecular weight excluding hydrogens is 264 g/mol. The van der Waals surface area contributed by atoms with E-state index in [4.69, 9.17) is 5.73 Å². The van der Waals surface area contributed by atoms with Gasteiger partial charge in [0.15, 0.2) is 0 Å². The van der Waals surface area contributed by atoms with Gasteiger partial charge in [0.25, 0.3) is 0 Å². The van der Waals surface area contributed by atoms with Crippen LogP contribution >= 0.6 is 11.3 Å². The van der Waals surface area contributed by atoms with Gasteiger partial charge in [-0.15, -0.1) is 11.3 Å². The van der Waals surface area contributed by atoms with Gasteiger partial charge in [0.1, 0.15) is 0 Å². The molecule has 1 aromatic heterocycles. The average Bonchev–Trinajstić information content (AvgIpc) is 3.10. The molecule has 2 aliphatic rings. The first-order chi connectivity index (χ1) is 9.63. The minimum Gasteiger partial charge on any atom is -0.327 e. The second-order valence-electron chi connectivity index (χ2n) is 7.12. The van der Waals surface area contributed by atoms with Crippen LogP contribution in [-0.4, -0.2) is 23.5 Å². The van der Waals surface area contributed by atoms with Gasteiger partial charge in [0, 0.05) is 30.1 Å². The Bertz CT molecular complexity index is 401. The van der Waals surface area contributed by atoms with E-state index in [1.165, 1.54) is 37.1 Å². The van der Waals surface area contributed by atoms with Gasteiger partial charge in [-0.05, 0) is 54.9 Å². The van der Waals surface area contributed by atoms with Crippen molar-refractivity contribution in [3.63, 3.8) is 0 Å². The third-order valence-corrected chi connectivity index (χ3v) is 6.04. The van der Waals surface area contributed by atoms with Gasteiger partial charge in [-0.25, -0.2) is 0 Å². The zero-order valence-electron chi connectivity index (χ0n) is 12.8. The highest BCUT2D eigenvalue weighted by molar-refractivity contribution is 7.09. The van der Waals surface area contributed by atoms with Crippen LogP contribution in [0, 0.1) is 17.8 Å². The number of hydrogen-bond donors (Lipinski definition) is 1. The molecule has 20 heavy (non-hydrogen) atoms. The van der Waals surface area contributed by atoms with E-state index in [0.717, 1.165) is 24.4 Å². The SMILES string of the molecule is CC1CC(C)C(CN(Cc2cccs2)C2CC2)C(N)C1. The summed E-state index contributed by atoms with van der Waals surface area (Å²) in [5.74, 6) is 2.27. The lowest BCUT2D eigenvalue weighted by molar-refractivity contribution is 0.110. The van der Waals surface area contributed by atoms with Crippen LogP contribution < -0.4 is 5.73 Å². The predicted octanol–water partition coefficient (Wildman–Crippen LogP) is 3.72. The summed E-state index contributed by atoms with van der Waals surface area (Å²) in [6, 6.07) is 5.67. The van der Waals surface area contributed by atoms with E-state index in [9.17, 15) is 0 Å². The Balaban J connectivity index is 1.63. The lowest BCUT2D eigenvalue weighted by Gasteiger charge is -2.40. The average molecular weight is 292 g/mol. The molecule has 0 aliphatic heterocycles. The zero-order valence-corrected chi connectivity index (χ0v) is 13.6. The molecule has 0 aromatic carbocycles. The Labute approximate surface area is 127 Å². The van der Waals surface area contributed by atoms with Gasteiger partial charge in [-0.2, -0.15) is 0 Å². The normalized spacial score (nSPS) is 34.6. The van der Waals surface area contributed by atoms with E-state index in [-0.39, 0.29) is 0 Å². The summed E-state index contributed by atoms with van der Waals surface area (Å²) in [7, 11) is 0. The van der Waals surface area contributed by atoms with E-state index in [2.05, 4.69) is 36.3 Å².